The van der Waals surface area contributed by atoms with Gasteiger partial charge in [-0.1, -0.05) is 29.8 Å². The van der Waals surface area contributed by atoms with Crippen molar-refractivity contribution in [2.24, 2.45) is 5.73 Å². The van der Waals surface area contributed by atoms with Crippen molar-refractivity contribution in [3.63, 3.8) is 0 Å². The minimum atomic E-state index is -0.00907. The molecule has 0 amide bonds. The Morgan fingerprint density at radius 3 is 2.93 bits per heavy atom. The summed E-state index contributed by atoms with van der Waals surface area (Å²) >= 11 is 0. The smallest absolute Gasteiger partial charge is 0.0876 e. The lowest BCUT2D eigenvalue weighted by Gasteiger charge is -2.20. The molecule has 0 aliphatic carbocycles. The predicted molar refractivity (Wildman–Crippen MR) is 61.4 cm³/mol. The van der Waals surface area contributed by atoms with Crippen LogP contribution in [0.2, 0.25) is 0 Å². The Kier molecular flexibility index (Phi) is 3.07. The zero-order valence-electron chi connectivity index (χ0n) is 9.07. The Labute approximate surface area is 90.7 Å². The summed E-state index contributed by atoms with van der Waals surface area (Å²) in [6, 6.07) is 8.34. The first-order valence-corrected chi connectivity index (χ1v) is 5.40. The molecule has 80 valence electrons. The van der Waals surface area contributed by atoms with Crippen molar-refractivity contribution in [3.8, 4) is 0 Å². The summed E-state index contributed by atoms with van der Waals surface area (Å²) in [5.41, 5.74) is 9.81. The van der Waals surface area contributed by atoms with E-state index >= 15 is 0 Å². The molecule has 2 nitrogen and oxygen atoms in total. The Morgan fingerprint density at radius 1 is 1.40 bits per heavy atom. The summed E-state index contributed by atoms with van der Waals surface area (Å²) in [6.07, 6.45) is 3.96. The van der Waals surface area contributed by atoms with E-state index in [0.717, 1.165) is 19.4 Å². The molecule has 0 saturated heterocycles. The predicted octanol–water partition coefficient (Wildman–Crippen LogP) is 2.69. The molecule has 0 saturated carbocycles. The molecule has 15 heavy (non-hydrogen) atoms. The molecular formula is C13H17NO. The summed E-state index contributed by atoms with van der Waals surface area (Å²) in [7, 11) is 0. The van der Waals surface area contributed by atoms with E-state index in [4.69, 9.17) is 10.5 Å². The van der Waals surface area contributed by atoms with Gasteiger partial charge in [0.05, 0.1) is 18.9 Å². The average molecular weight is 203 g/mol. The largest absolute Gasteiger partial charge is 0.501 e. The highest BCUT2D eigenvalue weighted by atomic mass is 16.5. The summed E-state index contributed by atoms with van der Waals surface area (Å²) in [5, 5.41) is 0. The highest BCUT2D eigenvalue weighted by Crippen LogP contribution is 2.25. The number of hydrogen-bond acceptors (Lipinski definition) is 2. The summed E-state index contributed by atoms with van der Waals surface area (Å²) < 4.78 is 5.31. The molecule has 0 spiro atoms. The molecule has 1 atom stereocenters. The fourth-order valence-electron chi connectivity index (χ4n) is 1.89. The second-order valence-corrected chi connectivity index (χ2v) is 4.06. The lowest BCUT2D eigenvalue weighted by molar-refractivity contribution is 0.221. The molecule has 1 aliphatic rings. The fraction of sp³-hybridized carbons (Fsp3) is 0.385. The van der Waals surface area contributed by atoms with Crippen LogP contribution in [0.15, 0.2) is 36.1 Å². The highest BCUT2D eigenvalue weighted by Gasteiger charge is 2.14. The molecule has 0 bridgehead atoms. The quantitative estimate of drug-likeness (QED) is 0.802. The molecule has 0 aromatic heterocycles. The van der Waals surface area contributed by atoms with Gasteiger partial charge in [-0.3, -0.25) is 0 Å². The van der Waals surface area contributed by atoms with Crippen molar-refractivity contribution < 1.29 is 4.74 Å². The topological polar surface area (TPSA) is 35.2 Å². The van der Waals surface area contributed by atoms with Crippen molar-refractivity contribution >= 4 is 0 Å². The fourth-order valence-corrected chi connectivity index (χ4v) is 1.89. The number of aryl methyl sites for hydroxylation is 1. The van der Waals surface area contributed by atoms with Gasteiger partial charge in [0.15, 0.2) is 0 Å². The molecule has 2 rings (SSSR count). The SMILES string of the molecule is Cc1cccc(C(N)C2=COCCC2)c1. The van der Waals surface area contributed by atoms with E-state index in [2.05, 4.69) is 31.2 Å². The van der Waals surface area contributed by atoms with Gasteiger partial charge in [0.2, 0.25) is 0 Å². The van der Waals surface area contributed by atoms with Gasteiger partial charge >= 0.3 is 0 Å². The van der Waals surface area contributed by atoms with Crippen LogP contribution in [0.4, 0.5) is 0 Å². The van der Waals surface area contributed by atoms with Crippen molar-refractivity contribution in [1.29, 1.82) is 0 Å². The van der Waals surface area contributed by atoms with E-state index in [-0.39, 0.29) is 6.04 Å². The molecule has 2 heteroatoms. The number of benzene rings is 1. The second-order valence-electron chi connectivity index (χ2n) is 4.06. The molecule has 1 heterocycles. The van der Waals surface area contributed by atoms with Gasteiger partial charge in [0.1, 0.15) is 0 Å². The molecular weight excluding hydrogens is 186 g/mol. The number of hydrogen-bond donors (Lipinski definition) is 1. The lowest BCUT2D eigenvalue weighted by atomic mass is 9.95. The van der Waals surface area contributed by atoms with E-state index in [1.165, 1.54) is 16.7 Å². The Morgan fingerprint density at radius 2 is 2.27 bits per heavy atom. The first-order chi connectivity index (χ1) is 7.27. The van der Waals surface area contributed by atoms with Gasteiger partial charge in [-0.25, -0.2) is 0 Å². The zero-order valence-corrected chi connectivity index (χ0v) is 9.07. The molecule has 1 aliphatic heterocycles. The zero-order chi connectivity index (χ0) is 10.7. The van der Waals surface area contributed by atoms with Crippen molar-refractivity contribution in [3.05, 3.63) is 47.2 Å². The summed E-state index contributed by atoms with van der Waals surface area (Å²) in [4.78, 5) is 0. The van der Waals surface area contributed by atoms with Crippen LogP contribution in [0.5, 0.6) is 0 Å². The van der Waals surface area contributed by atoms with Crippen LogP contribution in [-0.4, -0.2) is 6.61 Å². The third-order valence-electron chi connectivity index (χ3n) is 2.76. The number of nitrogens with two attached hydrogens (primary N) is 1. The van der Waals surface area contributed by atoms with Crippen molar-refractivity contribution in [2.75, 3.05) is 6.61 Å². The standard InChI is InChI=1S/C13H17NO/c1-10-4-2-5-11(8-10)13(14)12-6-3-7-15-9-12/h2,4-5,8-9,13H,3,6-7,14H2,1H3. The molecule has 2 N–H and O–H groups in total. The normalized spacial score (nSPS) is 17.9. The maximum atomic E-state index is 6.19. The minimum Gasteiger partial charge on any atom is -0.501 e. The molecule has 0 fully saturated rings. The maximum absolute atomic E-state index is 6.19. The van der Waals surface area contributed by atoms with Gasteiger partial charge in [-0.15, -0.1) is 0 Å². The average Bonchev–Trinajstić information content (AvgIpc) is 2.29. The van der Waals surface area contributed by atoms with Crippen LogP contribution in [-0.2, 0) is 4.74 Å². The van der Waals surface area contributed by atoms with Gasteiger partial charge < -0.3 is 10.5 Å². The van der Waals surface area contributed by atoms with Crippen LogP contribution in [0.1, 0.15) is 30.0 Å². The first kappa shape index (κ1) is 10.2. The van der Waals surface area contributed by atoms with Crippen molar-refractivity contribution in [2.45, 2.75) is 25.8 Å². The van der Waals surface area contributed by atoms with Crippen LogP contribution in [0.25, 0.3) is 0 Å². The van der Waals surface area contributed by atoms with Gasteiger partial charge in [0.25, 0.3) is 0 Å². The van der Waals surface area contributed by atoms with Crippen LogP contribution < -0.4 is 5.73 Å². The molecule has 0 radical (unpaired) electrons. The lowest BCUT2D eigenvalue weighted by Crippen LogP contribution is -2.16. The highest BCUT2D eigenvalue weighted by molar-refractivity contribution is 5.30. The van der Waals surface area contributed by atoms with E-state index in [9.17, 15) is 0 Å². The van der Waals surface area contributed by atoms with Gasteiger partial charge in [-0.2, -0.15) is 0 Å². The number of ether oxygens (including phenoxy) is 1. The van der Waals surface area contributed by atoms with Crippen molar-refractivity contribution in [1.82, 2.24) is 0 Å². The molecule has 1 unspecified atom stereocenters. The van der Waals surface area contributed by atoms with Gasteiger partial charge in [-0.05, 0) is 30.9 Å². The monoisotopic (exact) mass is 203 g/mol. The Hall–Kier alpha value is -1.28. The molecule has 1 aromatic carbocycles. The van der Waals surface area contributed by atoms with E-state index in [0.29, 0.717) is 0 Å². The maximum Gasteiger partial charge on any atom is 0.0876 e. The minimum absolute atomic E-state index is 0.00907. The van der Waals surface area contributed by atoms with E-state index < -0.39 is 0 Å². The molecule has 1 aromatic rings. The second kappa shape index (κ2) is 4.49. The van der Waals surface area contributed by atoms with Gasteiger partial charge in [0, 0.05) is 0 Å². The van der Waals surface area contributed by atoms with E-state index in [1.807, 2.05) is 6.26 Å². The van der Waals surface area contributed by atoms with E-state index in [1.54, 1.807) is 0 Å². The summed E-state index contributed by atoms with van der Waals surface area (Å²) in [6.45, 7) is 2.91. The Bertz CT molecular complexity index is 371. The number of rotatable bonds is 2. The van der Waals surface area contributed by atoms with Crippen LogP contribution >= 0.6 is 0 Å². The first-order valence-electron chi connectivity index (χ1n) is 5.40. The van der Waals surface area contributed by atoms with Crippen LogP contribution in [0.3, 0.4) is 0 Å². The third-order valence-corrected chi connectivity index (χ3v) is 2.76. The summed E-state index contributed by atoms with van der Waals surface area (Å²) in [5.74, 6) is 0. The van der Waals surface area contributed by atoms with Crippen LogP contribution in [0, 0.1) is 6.92 Å². The Balaban J connectivity index is 2.19. The third kappa shape index (κ3) is 2.39.